The summed E-state index contributed by atoms with van der Waals surface area (Å²) in [7, 11) is 0. The second kappa shape index (κ2) is 17.4. The zero-order valence-corrected chi connectivity index (χ0v) is 21.7. The summed E-state index contributed by atoms with van der Waals surface area (Å²) < 4.78 is 17.9. The zero-order chi connectivity index (χ0) is 23.8. The molecular formula is C23H31Cl4NO4. The Labute approximate surface area is 211 Å². The molecule has 9 heteroatoms. The number of aryl methyl sites for hydroxylation is 2. The van der Waals surface area contributed by atoms with Crippen molar-refractivity contribution in [2.75, 3.05) is 26.4 Å². The van der Waals surface area contributed by atoms with Gasteiger partial charge < -0.3 is 19.0 Å². The van der Waals surface area contributed by atoms with Gasteiger partial charge in [0, 0.05) is 6.61 Å². The fourth-order valence-electron chi connectivity index (χ4n) is 2.78. The highest BCUT2D eigenvalue weighted by molar-refractivity contribution is 6.56. The van der Waals surface area contributed by atoms with Crippen LogP contribution < -0.4 is 9.47 Å². The first-order valence-electron chi connectivity index (χ1n) is 10.6. The van der Waals surface area contributed by atoms with Crippen LogP contribution in [0.3, 0.4) is 0 Å². The van der Waals surface area contributed by atoms with Gasteiger partial charge in [0.05, 0.1) is 18.9 Å². The van der Waals surface area contributed by atoms with Crippen molar-refractivity contribution in [2.24, 2.45) is 5.16 Å². The topological polar surface area (TPSA) is 49.3 Å². The molecule has 0 spiro atoms. The Bertz CT molecular complexity index is 735. The molecule has 0 aliphatic carbocycles. The van der Waals surface area contributed by atoms with Crippen molar-refractivity contribution < 1.29 is 19.0 Å². The molecule has 0 amide bonds. The fraction of sp³-hybridized carbons (Fsp3) is 0.522. The van der Waals surface area contributed by atoms with E-state index in [-0.39, 0.29) is 21.7 Å². The molecule has 1 unspecified atom stereocenters. The van der Waals surface area contributed by atoms with Gasteiger partial charge >= 0.3 is 0 Å². The average molecular weight is 527 g/mol. The number of ether oxygens (including phenoxy) is 3. The monoisotopic (exact) mass is 525 g/mol. The van der Waals surface area contributed by atoms with E-state index in [2.05, 4.69) is 25.9 Å². The lowest BCUT2D eigenvalue weighted by atomic mass is 10.0. The van der Waals surface area contributed by atoms with Crippen molar-refractivity contribution in [2.45, 2.75) is 52.6 Å². The quantitative estimate of drug-likeness (QED) is 0.128. The molecular weight excluding hydrogens is 496 g/mol. The molecule has 1 aromatic carbocycles. The molecule has 0 N–H and O–H groups in total. The molecule has 0 aliphatic rings. The third kappa shape index (κ3) is 12.8. The molecule has 1 atom stereocenters. The second-order valence-corrected chi connectivity index (χ2v) is 8.82. The molecule has 0 fully saturated rings. The van der Waals surface area contributed by atoms with Crippen molar-refractivity contribution in [3.63, 3.8) is 0 Å². The Balaban J connectivity index is 2.47. The maximum absolute atomic E-state index is 6.31. The van der Waals surface area contributed by atoms with Gasteiger partial charge in [0.2, 0.25) is 0 Å². The summed E-state index contributed by atoms with van der Waals surface area (Å²) in [5, 5.41) is 3.74. The summed E-state index contributed by atoms with van der Waals surface area (Å²) in [5.74, 6) is 1.72. The Kier molecular flexibility index (Phi) is 15.7. The van der Waals surface area contributed by atoms with Crippen LogP contribution >= 0.6 is 46.4 Å². The Morgan fingerprint density at radius 1 is 0.969 bits per heavy atom. The lowest BCUT2D eigenvalue weighted by Crippen LogP contribution is -2.15. The SMILES string of the molecule is CCc1cc(OCC=C(Cl)Cl)cc(CC)c1OC(C)CCCOCC=NOCC=C(Cl)Cl. The second-order valence-electron chi connectivity index (χ2n) is 6.81. The van der Waals surface area contributed by atoms with Crippen LogP contribution in [0.4, 0.5) is 0 Å². The van der Waals surface area contributed by atoms with E-state index < -0.39 is 0 Å². The summed E-state index contributed by atoms with van der Waals surface area (Å²) >= 11 is 22.2. The van der Waals surface area contributed by atoms with Crippen LogP contribution in [-0.4, -0.2) is 38.7 Å². The molecule has 0 aliphatic heterocycles. The van der Waals surface area contributed by atoms with Crippen LogP contribution in [0, 0.1) is 0 Å². The smallest absolute Gasteiger partial charge is 0.138 e. The van der Waals surface area contributed by atoms with Crippen molar-refractivity contribution >= 4 is 52.6 Å². The molecule has 5 nitrogen and oxygen atoms in total. The lowest BCUT2D eigenvalue weighted by Gasteiger charge is -2.21. The average Bonchev–Trinajstić information content (AvgIpc) is 2.75. The van der Waals surface area contributed by atoms with Crippen molar-refractivity contribution in [1.29, 1.82) is 0 Å². The van der Waals surface area contributed by atoms with E-state index in [0.29, 0.717) is 19.8 Å². The standard InChI is InChI=1S/C23H31Cl4NO4/c1-4-18-15-20(30-12-8-21(24)25)16-19(5-2)23(18)32-17(3)7-6-11-29-14-10-28-31-13-9-22(26)27/h8-10,15-17H,4-7,11-14H2,1-3H3. The highest BCUT2D eigenvalue weighted by atomic mass is 35.5. The molecule has 0 bridgehead atoms. The molecule has 32 heavy (non-hydrogen) atoms. The van der Waals surface area contributed by atoms with Gasteiger partial charge in [-0.05, 0) is 68.0 Å². The third-order valence-corrected chi connectivity index (χ3v) is 4.95. The van der Waals surface area contributed by atoms with Crippen molar-refractivity contribution in [3.8, 4) is 11.5 Å². The molecule has 0 saturated heterocycles. The van der Waals surface area contributed by atoms with E-state index in [1.807, 2.05) is 12.1 Å². The maximum atomic E-state index is 6.31. The first-order chi connectivity index (χ1) is 15.4. The van der Waals surface area contributed by atoms with Crippen LogP contribution in [0.25, 0.3) is 0 Å². The normalized spacial score (nSPS) is 11.8. The third-order valence-electron chi connectivity index (χ3n) is 4.34. The zero-order valence-electron chi connectivity index (χ0n) is 18.7. The fourth-order valence-corrected chi connectivity index (χ4v) is 3.03. The minimum atomic E-state index is 0.0584. The molecule has 0 heterocycles. The van der Waals surface area contributed by atoms with E-state index in [4.69, 9.17) is 65.5 Å². The minimum Gasteiger partial charge on any atom is -0.490 e. The number of rotatable bonds is 16. The highest BCUT2D eigenvalue weighted by Crippen LogP contribution is 2.32. The number of benzene rings is 1. The van der Waals surface area contributed by atoms with Gasteiger partial charge in [-0.3, -0.25) is 0 Å². The Morgan fingerprint density at radius 2 is 1.59 bits per heavy atom. The minimum absolute atomic E-state index is 0.0584. The van der Waals surface area contributed by atoms with Crippen LogP contribution in [0.15, 0.2) is 38.4 Å². The molecule has 0 saturated carbocycles. The molecule has 0 aromatic heterocycles. The Hall–Kier alpha value is -1.11. The van der Waals surface area contributed by atoms with E-state index in [9.17, 15) is 0 Å². The number of hydrogen-bond donors (Lipinski definition) is 0. The van der Waals surface area contributed by atoms with Gasteiger partial charge in [-0.25, -0.2) is 0 Å². The predicted molar refractivity (Wildman–Crippen MR) is 135 cm³/mol. The van der Waals surface area contributed by atoms with Crippen LogP contribution in [0.1, 0.15) is 44.7 Å². The summed E-state index contributed by atoms with van der Waals surface area (Å²) in [4.78, 5) is 4.94. The number of halogens is 4. The number of hydrogen-bond acceptors (Lipinski definition) is 5. The van der Waals surface area contributed by atoms with Crippen LogP contribution in [-0.2, 0) is 22.4 Å². The number of nitrogens with zero attached hydrogens (tertiary/aromatic N) is 1. The molecule has 1 rings (SSSR count). The van der Waals surface area contributed by atoms with Gasteiger partial charge in [-0.2, -0.15) is 0 Å². The molecule has 0 radical (unpaired) electrons. The summed E-state index contributed by atoms with van der Waals surface area (Å²) in [6, 6.07) is 4.02. The first-order valence-corrected chi connectivity index (χ1v) is 12.1. The maximum Gasteiger partial charge on any atom is 0.138 e. The Morgan fingerprint density at radius 3 is 2.19 bits per heavy atom. The molecule has 1 aromatic rings. The summed E-state index contributed by atoms with van der Waals surface area (Å²) in [5.41, 5.74) is 2.23. The van der Waals surface area contributed by atoms with Crippen LogP contribution in [0.2, 0.25) is 0 Å². The van der Waals surface area contributed by atoms with E-state index in [1.54, 1.807) is 12.3 Å². The lowest BCUT2D eigenvalue weighted by molar-refractivity contribution is 0.138. The van der Waals surface area contributed by atoms with E-state index >= 15 is 0 Å². The van der Waals surface area contributed by atoms with Gasteiger partial charge in [0.15, 0.2) is 0 Å². The largest absolute Gasteiger partial charge is 0.490 e. The number of oxime groups is 1. The summed E-state index contributed by atoms with van der Waals surface area (Å²) in [6.45, 7) is 7.80. The van der Waals surface area contributed by atoms with Crippen molar-refractivity contribution in [3.05, 3.63) is 44.4 Å². The van der Waals surface area contributed by atoms with E-state index in [1.165, 1.54) is 6.08 Å². The van der Waals surface area contributed by atoms with E-state index in [0.717, 1.165) is 48.3 Å². The summed E-state index contributed by atoms with van der Waals surface area (Å²) in [6.07, 6.45) is 8.16. The first kappa shape index (κ1) is 28.9. The van der Waals surface area contributed by atoms with Crippen molar-refractivity contribution in [1.82, 2.24) is 0 Å². The molecule has 180 valence electrons. The van der Waals surface area contributed by atoms with Gasteiger partial charge in [0.1, 0.15) is 33.7 Å². The van der Waals surface area contributed by atoms with Gasteiger partial charge in [-0.15, -0.1) is 0 Å². The predicted octanol–water partition coefficient (Wildman–Crippen LogP) is 7.39. The highest BCUT2D eigenvalue weighted by Gasteiger charge is 2.14. The van der Waals surface area contributed by atoms with Crippen LogP contribution in [0.5, 0.6) is 11.5 Å². The van der Waals surface area contributed by atoms with Gasteiger partial charge in [-0.1, -0.05) is 65.4 Å². The van der Waals surface area contributed by atoms with Gasteiger partial charge in [0.25, 0.3) is 0 Å².